The number of aryl methyl sites for hydroxylation is 2. The third kappa shape index (κ3) is 2.27. The second kappa shape index (κ2) is 4.86. The van der Waals surface area contributed by atoms with Gasteiger partial charge in [-0.1, -0.05) is 0 Å². The SMILES string of the molecule is Cc1cn2c(CNc3ccc(F)cc3F)c(C)nc2s1. The van der Waals surface area contributed by atoms with E-state index in [0.29, 0.717) is 6.54 Å². The molecule has 0 aliphatic heterocycles. The van der Waals surface area contributed by atoms with Gasteiger partial charge in [0.1, 0.15) is 11.6 Å². The Balaban J connectivity index is 1.87. The van der Waals surface area contributed by atoms with Gasteiger partial charge in [0, 0.05) is 17.1 Å². The van der Waals surface area contributed by atoms with Crippen LogP contribution < -0.4 is 5.32 Å². The number of aromatic nitrogens is 2. The number of nitrogens with zero attached hydrogens (tertiary/aromatic N) is 2. The third-order valence-corrected chi connectivity index (χ3v) is 4.02. The van der Waals surface area contributed by atoms with Crippen LogP contribution in [-0.2, 0) is 6.54 Å². The molecule has 0 bridgehead atoms. The lowest BCUT2D eigenvalue weighted by Crippen LogP contribution is -2.05. The molecule has 20 heavy (non-hydrogen) atoms. The lowest BCUT2D eigenvalue weighted by atomic mass is 10.2. The first-order valence-electron chi connectivity index (χ1n) is 6.17. The van der Waals surface area contributed by atoms with E-state index >= 15 is 0 Å². The highest BCUT2D eigenvalue weighted by atomic mass is 32.1. The summed E-state index contributed by atoms with van der Waals surface area (Å²) in [5, 5.41) is 2.99. The minimum Gasteiger partial charge on any atom is -0.377 e. The van der Waals surface area contributed by atoms with Crippen LogP contribution in [0.5, 0.6) is 0 Å². The molecule has 3 rings (SSSR count). The van der Waals surface area contributed by atoms with Gasteiger partial charge in [0.15, 0.2) is 4.96 Å². The van der Waals surface area contributed by atoms with Gasteiger partial charge in [0.05, 0.1) is 23.6 Å². The molecule has 1 N–H and O–H groups in total. The molecule has 0 spiro atoms. The molecule has 2 aromatic heterocycles. The molecule has 2 heterocycles. The van der Waals surface area contributed by atoms with Crippen molar-refractivity contribution in [1.29, 1.82) is 0 Å². The number of fused-ring (bicyclic) bond motifs is 1. The van der Waals surface area contributed by atoms with Crippen molar-refractivity contribution >= 4 is 22.0 Å². The Morgan fingerprint density at radius 1 is 1.30 bits per heavy atom. The largest absolute Gasteiger partial charge is 0.377 e. The van der Waals surface area contributed by atoms with Crippen molar-refractivity contribution in [3.63, 3.8) is 0 Å². The van der Waals surface area contributed by atoms with E-state index in [4.69, 9.17) is 0 Å². The van der Waals surface area contributed by atoms with E-state index in [9.17, 15) is 8.78 Å². The van der Waals surface area contributed by atoms with Gasteiger partial charge in [-0.05, 0) is 26.0 Å². The molecule has 0 atom stereocenters. The fraction of sp³-hybridized carbons (Fsp3) is 0.214. The minimum absolute atomic E-state index is 0.285. The zero-order valence-electron chi connectivity index (χ0n) is 11.1. The smallest absolute Gasteiger partial charge is 0.194 e. The number of anilines is 1. The summed E-state index contributed by atoms with van der Waals surface area (Å²) in [6.07, 6.45) is 2.01. The Labute approximate surface area is 118 Å². The number of nitrogens with one attached hydrogen (secondary N) is 1. The summed E-state index contributed by atoms with van der Waals surface area (Å²) >= 11 is 1.61. The Bertz CT molecular complexity index is 776. The highest BCUT2D eigenvalue weighted by Crippen LogP contribution is 2.22. The van der Waals surface area contributed by atoms with Crippen molar-refractivity contribution in [3.05, 3.63) is 52.3 Å². The number of hydrogen-bond donors (Lipinski definition) is 1. The van der Waals surface area contributed by atoms with E-state index in [0.717, 1.165) is 22.4 Å². The maximum absolute atomic E-state index is 13.6. The molecule has 104 valence electrons. The van der Waals surface area contributed by atoms with Gasteiger partial charge in [-0.15, -0.1) is 11.3 Å². The van der Waals surface area contributed by atoms with E-state index < -0.39 is 11.6 Å². The molecule has 6 heteroatoms. The van der Waals surface area contributed by atoms with Crippen LogP contribution in [0, 0.1) is 25.5 Å². The molecule has 0 aliphatic carbocycles. The lowest BCUT2D eigenvalue weighted by molar-refractivity contribution is 0.585. The molecule has 0 saturated heterocycles. The fourth-order valence-corrected chi connectivity index (χ4v) is 3.02. The normalized spacial score (nSPS) is 11.2. The summed E-state index contributed by atoms with van der Waals surface area (Å²) < 4.78 is 28.4. The number of halogens is 2. The maximum atomic E-state index is 13.6. The molecular weight excluding hydrogens is 280 g/mol. The highest BCUT2D eigenvalue weighted by Gasteiger charge is 2.11. The van der Waals surface area contributed by atoms with E-state index in [-0.39, 0.29) is 5.69 Å². The molecule has 0 aliphatic rings. The van der Waals surface area contributed by atoms with Gasteiger partial charge in [0.25, 0.3) is 0 Å². The van der Waals surface area contributed by atoms with Gasteiger partial charge >= 0.3 is 0 Å². The second-order valence-electron chi connectivity index (χ2n) is 4.62. The molecule has 0 radical (unpaired) electrons. The molecular formula is C14H13F2N3S. The Hall–Kier alpha value is -1.95. The monoisotopic (exact) mass is 293 g/mol. The van der Waals surface area contributed by atoms with Crippen molar-refractivity contribution in [2.45, 2.75) is 20.4 Å². The van der Waals surface area contributed by atoms with Crippen molar-refractivity contribution in [2.75, 3.05) is 5.32 Å². The van der Waals surface area contributed by atoms with Crippen molar-refractivity contribution in [2.24, 2.45) is 0 Å². The van der Waals surface area contributed by atoms with Crippen molar-refractivity contribution in [3.8, 4) is 0 Å². The van der Waals surface area contributed by atoms with E-state index in [2.05, 4.69) is 10.3 Å². The summed E-state index contributed by atoms with van der Waals surface area (Å²) in [4.78, 5) is 6.57. The summed E-state index contributed by atoms with van der Waals surface area (Å²) in [5.74, 6) is -1.17. The van der Waals surface area contributed by atoms with Crippen molar-refractivity contribution < 1.29 is 8.78 Å². The van der Waals surface area contributed by atoms with Crippen LogP contribution in [0.1, 0.15) is 16.3 Å². The molecule has 0 unspecified atom stereocenters. The first-order chi connectivity index (χ1) is 9.54. The van der Waals surface area contributed by atoms with Gasteiger partial charge < -0.3 is 5.32 Å². The number of imidazole rings is 1. The van der Waals surface area contributed by atoms with Gasteiger partial charge in [-0.3, -0.25) is 4.40 Å². The van der Waals surface area contributed by atoms with E-state index in [1.807, 2.05) is 24.4 Å². The van der Waals surface area contributed by atoms with E-state index in [1.54, 1.807) is 11.3 Å². The van der Waals surface area contributed by atoms with Crippen LogP contribution in [0.3, 0.4) is 0 Å². The molecule has 3 aromatic rings. The fourth-order valence-electron chi connectivity index (χ4n) is 2.13. The molecule has 0 saturated carbocycles. The molecule has 0 amide bonds. The van der Waals surface area contributed by atoms with Crippen LogP contribution in [0.2, 0.25) is 0 Å². The lowest BCUT2D eigenvalue weighted by Gasteiger charge is -2.07. The first-order valence-corrected chi connectivity index (χ1v) is 6.99. The minimum atomic E-state index is -0.593. The van der Waals surface area contributed by atoms with Crippen LogP contribution in [0.25, 0.3) is 4.96 Å². The second-order valence-corrected chi connectivity index (χ2v) is 5.83. The topological polar surface area (TPSA) is 29.3 Å². The highest BCUT2D eigenvalue weighted by molar-refractivity contribution is 7.17. The Morgan fingerprint density at radius 3 is 2.85 bits per heavy atom. The Kier molecular flexibility index (Phi) is 3.17. The molecule has 0 fully saturated rings. The average molecular weight is 293 g/mol. The molecule has 1 aromatic carbocycles. The summed E-state index contributed by atoms with van der Waals surface area (Å²) in [5.41, 5.74) is 2.17. The van der Waals surface area contributed by atoms with Gasteiger partial charge in [0.2, 0.25) is 0 Å². The standard InChI is InChI=1S/C14H13F2N3S/c1-8-7-19-13(9(2)18-14(19)20-8)6-17-12-4-3-10(15)5-11(12)16/h3-5,7,17H,6H2,1-2H3. The summed E-state index contributed by atoms with van der Waals surface area (Å²) in [6, 6.07) is 3.51. The maximum Gasteiger partial charge on any atom is 0.194 e. The predicted molar refractivity (Wildman–Crippen MR) is 76.2 cm³/mol. The van der Waals surface area contributed by atoms with E-state index in [1.165, 1.54) is 17.0 Å². The van der Waals surface area contributed by atoms with Crippen molar-refractivity contribution in [1.82, 2.24) is 9.38 Å². The first kappa shape index (κ1) is 13.1. The van der Waals surface area contributed by atoms with Gasteiger partial charge in [-0.2, -0.15) is 0 Å². The summed E-state index contributed by atoms with van der Waals surface area (Å²) in [6.45, 7) is 4.38. The zero-order chi connectivity index (χ0) is 14.3. The number of benzene rings is 1. The molecule has 3 nitrogen and oxygen atoms in total. The summed E-state index contributed by atoms with van der Waals surface area (Å²) in [7, 11) is 0. The number of rotatable bonds is 3. The van der Waals surface area contributed by atoms with Crippen LogP contribution in [-0.4, -0.2) is 9.38 Å². The number of hydrogen-bond acceptors (Lipinski definition) is 3. The quantitative estimate of drug-likeness (QED) is 0.793. The predicted octanol–water partition coefficient (Wildman–Crippen LogP) is 3.90. The zero-order valence-corrected chi connectivity index (χ0v) is 11.9. The van der Waals surface area contributed by atoms with Gasteiger partial charge in [-0.25, -0.2) is 13.8 Å². The van der Waals surface area contributed by atoms with Crippen LogP contribution in [0.4, 0.5) is 14.5 Å². The average Bonchev–Trinajstić information content (AvgIpc) is 2.84. The third-order valence-electron chi connectivity index (χ3n) is 3.12. The number of thiazole rings is 1. The van der Waals surface area contributed by atoms with Crippen LogP contribution in [0.15, 0.2) is 24.4 Å². The Morgan fingerprint density at radius 2 is 2.10 bits per heavy atom. The van der Waals surface area contributed by atoms with Crippen LogP contribution >= 0.6 is 11.3 Å².